The van der Waals surface area contributed by atoms with Gasteiger partial charge in [-0.05, 0) is 23.3 Å². The molecule has 0 radical (unpaired) electrons. The molecule has 0 saturated carbocycles. The number of esters is 1. The molecule has 1 aromatic rings. The molecule has 1 aromatic carbocycles. The van der Waals surface area contributed by atoms with Crippen LogP contribution < -0.4 is 0 Å². The third-order valence-corrected chi connectivity index (χ3v) is 2.32. The maximum Gasteiger partial charge on any atom is 0.309 e. The highest BCUT2D eigenvalue weighted by molar-refractivity contribution is 6.30. The number of aliphatic hydroxyl groups excluding tert-OH is 1. The molecule has 86 valence electrons. The number of hydrogen-bond acceptors (Lipinski definition) is 3. The van der Waals surface area contributed by atoms with Gasteiger partial charge in [0.15, 0.2) is 0 Å². The Bertz CT molecular complexity index is 399. The van der Waals surface area contributed by atoms with Crippen LogP contribution in [0.3, 0.4) is 0 Å². The smallest absolute Gasteiger partial charge is 0.309 e. The fourth-order valence-electron chi connectivity index (χ4n) is 1.24. The minimum Gasteiger partial charge on any atom is -0.469 e. The van der Waals surface area contributed by atoms with Crippen LogP contribution in [0.2, 0.25) is 5.02 Å². The van der Waals surface area contributed by atoms with Gasteiger partial charge in [0.25, 0.3) is 0 Å². The molecule has 0 bridgehead atoms. The third kappa shape index (κ3) is 3.68. The number of ether oxygens (including phenoxy) is 1. The maximum atomic E-state index is 10.9. The van der Waals surface area contributed by atoms with E-state index in [1.54, 1.807) is 30.4 Å². The number of carbonyl (C=O) groups excluding carboxylic acids is 1. The van der Waals surface area contributed by atoms with Crippen LogP contribution in [-0.4, -0.2) is 18.2 Å². The Hall–Kier alpha value is -1.32. The van der Waals surface area contributed by atoms with Crippen LogP contribution >= 0.6 is 11.6 Å². The molecule has 0 fully saturated rings. The summed E-state index contributed by atoms with van der Waals surface area (Å²) >= 11 is 5.79. The van der Waals surface area contributed by atoms with Gasteiger partial charge >= 0.3 is 5.97 Å². The van der Waals surface area contributed by atoms with Gasteiger partial charge in [0.1, 0.15) is 0 Å². The molecule has 0 aliphatic carbocycles. The summed E-state index contributed by atoms with van der Waals surface area (Å²) in [7, 11) is 1.34. The summed E-state index contributed by atoms with van der Waals surface area (Å²) in [5, 5.41) is 9.69. The van der Waals surface area contributed by atoms with Crippen molar-refractivity contribution in [2.75, 3.05) is 7.11 Å². The van der Waals surface area contributed by atoms with Gasteiger partial charge in [0.2, 0.25) is 0 Å². The molecule has 4 heteroatoms. The van der Waals surface area contributed by atoms with E-state index in [1.807, 2.05) is 0 Å². The summed E-state index contributed by atoms with van der Waals surface area (Å²) < 4.78 is 4.50. The van der Waals surface area contributed by atoms with E-state index in [0.717, 1.165) is 11.1 Å². The van der Waals surface area contributed by atoms with E-state index in [2.05, 4.69) is 4.74 Å². The maximum absolute atomic E-state index is 10.9. The van der Waals surface area contributed by atoms with Crippen molar-refractivity contribution in [2.45, 2.75) is 13.0 Å². The van der Waals surface area contributed by atoms with Crippen LogP contribution in [0, 0.1) is 0 Å². The van der Waals surface area contributed by atoms with Crippen LogP contribution in [0.15, 0.2) is 24.3 Å². The van der Waals surface area contributed by atoms with Gasteiger partial charge in [-0.3, -0.25) is 4.79 Å². The first-order valence-electron chi connectivity index (χ1n) is 4.80. The van der Waals surface area contributed by atoms with Crippen molar-refractivity contribution < 1.29 is 14.6 Å². The van der Waals surface area contributed by atoms with Crippen molar-refractivity contribution >= 4 is 23.6 Å². The summed E-state index contributed by atoms with van der Waals surface area (Å²) in [5.74, 6) is -0.296. The first-order chi connectivity index (χ1) is 7.67. The zero-order chi connectivity index (χ0) is 12.0. The predicted molar refractivity (Wildman–Crippen MR) is 63.0 cm³/mol. The molecule has 3 nitrogen and oxygen atoms in total. The fourth-order valence-corrected chi connectivity index (χ4v) is 1.43. The monoisotopic (exact) mass is 240 g/mol. The van der Waals surface area contributed by atoms with Crippen molar-refractivity contribution in [3.8, 4) is 0 Å². The molecule has 16 heavy (non-hydrogen) atoms. The quantitative estimate of drug-likeness (QED) is 0.823. The summed E-state index contributed by atoms with van der Waals surface area (Å²) in [6.45, 7) is -0.0849. The van der Waals surface area contributed by atoms with E-state index >= 15 is 0 Å². The second-order valence-electron chi connectivity index (χ2n) is 3.18. The van der Waals surface area contributed by atoms with Crippen molar-refractivity contribution in [3.63, 3.8) is 0 Å². The lowest BCUT2D eigenvalue weighted by Crippen LogP contribution is -1.96. The highest BCUT2D eigenvalue weighted by atomic mass is 35.5. The zero-order valence-electron chi connectivity index (χ0n) is 8.94. The van der Waals surface area contributed by atoms with Crippen molar-refractivity contribution in [1.29, 1.82) is 0 Å². The van der Waals surface area contributed by atoms with E-state index in [1.165, 1.54) is 7.11 Å². The molecular weight excluding hydrogens is 228 g/mol. The number of methoxy groups -OCH3 is 1. The van der Waals surface area contributed by atoms with Gasteiger partial charge in [0, 0.05) is 5.02 Å². The molecule has 1 N–H and O–H groups in total. The fraction of sp³-hybridized carbons (Fsp3) is 0.250. The number of benzene rings is 1. The minimum absolute atomic E-state index is 0.0849. The molecular formula is C12H13ClO3. The molecule has 1 rings (SSSR count). The molecule has 0 aromatic heterocycles. The molecule has 0 amide bonds. The topological polar surface area (TPSA) is 46.5 Å². The van der Waals surface area contributed by atoms with Crippen LogP contribution in [0.5, 0.6) is 0 Å². The summed E-state index contributed by atoms with van der Waals surface area (Å²) in [6.07, 6.45) is 3.66. The largest absolute Gasteiger partial charge is 0.469 e. The van der Waals surface area contributed by atoms with Crippen LogP contribution in [0.1, 0.15) is 17.5 Å². The Morgan fingerprint density at radius 1 is 1.56 bits per heavy atom. The molecule has 0 spiro atoms. The Morgan fingerprint density at radius 3 is 2.94 bits per heavy atom. The van der Waals surface area contributed by atoms with E-state index in [0.29, 0.717) is 5.02 Å². The van der Waals surface area contributed by atoms with Crippen molar-refractivity contribution in [3.05, 3.63) is 40.4 Å². The van der Waals surface area contributed by atoms with E-state index in [4.69, 9.17) is 16.7 Å². The number of aliphatic hydroxyl groups is 1. The first kappa shape index (κ1) is 12.7. The highest BCUT2D eigenvalue weighted by Gasteiger charge is 2.00. The Balaban J connectivity index is 2.76. The van der Waals surface area contributed by atoms with Gasteiger partial charge in [-0.1, -0.05) is 29.8 Å². The van der Waals surface area contributed by atoms with Crippen LogP contribution in [-0.2, 0) is 16.1 Å². The van der Waals surface area contributed by atoms with E-state index in [9.17, 15) is 4.79 Å². The van der Waals surface area contributed by atoms with Gasteiger partial charge in [-0.25, -0.2) is 0 Å². The number of halogens is 1. The average molecular weight is 241 g/mol. The average Bonchev–Trinajstić information content (AvgIpc) is 2.30. The van der Waals surface area contributed by atoms with Gasteiger partial charge < -0.3 is 9.84 Å². The summed E-state index contributed by atoms with van der Waals surface area (Å²) in [5.41, 5.74) is 1.57. The lowest BCUT2D eigenvalue weighted by molar-refractivity contribution is -0.139. The predicted octanol–water partition coefficient (Wildman–Crippen LogP) is 2.41. The Morgan fingerprint density at radius 2 is 2.31 bits per heavy atom. The Labute approximate surface area is 99.3 Å². The molecule has 0 atom stereocenters. The number of carbonyl (C=O) groups is 1. The van der Waals surface area contributed by atoms with Crippen molar-refractivity contribution in [2.24, 2.45) is 0 Å². The van der Waals surface area contributed by atoms with E-state index < -0.39 is 0 Å². The highest BCUT2D eigenvalue weighted by Crippen LogP contribution is 2.17. The summed E-state index contributed by atoms with van der Waals surface area (Å²) in [4.78, 5) is 10.9. The lowest BCUT2D eigenvalue weighted by Gasteiger charge is -2.02. The summed E-state index contributed by atoms with van der Waals surface area (Å²) in [6, 6.07) is 5.22. The third-order valence-electron chi connectivity index (χ3n) is 2.08. The van der Waals surface area contributed by atoms with Gasteiger partial charge in [0.05, 0.1) is 20.1 Å². The van der Waals surface area contributed by atoms with E-state index in [-0.39, 0.29) is 19.0 Å². The molecule has 0 aliphatic rings. The number of hydrogen-bond donors (Lipinski definition) is 1. The molecule has 0 heterocycles. The molecule has 0 saturated heterocycles. The minimum atomic E-state index is -0.296. The standard InChI is InChI=1S/C12H13ClO3/c1-16-12(15)4-2-3-9-5-6-11(13)7-10(9)8-14/h2-3,5-7,14H,4,8H2,1H3. The molecule has 0 aliphatic heterocycles. The van der Waals surface area contributed by atoms with Gasteiger partial charge in [-0.2, -0.15) is 0 Å². The second-order valence-corrected chi connectivity index (χ2v) is 3.62. The molecule has 0 unspecified atom stereocenters. The van der Waals surface area contributed by atoms with Gasteiger partial charge in [-0.15, -0.1) is 0 Å². The van der Waals surface area contributed by atoms with Crippen LogP contribution in [0.4, 0.5) is 0 Å². The Kier molecular flexibility index (Phi) is 5.02. The number of rotatable bonds is 4. The van der Waals surface area contributed by atoms with Crippen molar-refractivity contribution in [1.82, 2.24) is 0 Å². The lowest BCUT2D eigenvalue weighted by atomic mass is 10.1. The first-order valence-corrected chi connectivity index (χ1v) is 5.18. The van der Waals surface area contributed by atoms with Crippen LogP contribution in [0.25, 0.3) is 6.08 Å². The SMILES string of the molecule is COC(=O)CC=Cc1ccc(Cl)cc1CO. The second kappa shape index (κ2) is 6.30. The zero-order valence-corrected chi connectivity index (χ0v) is 9.70. The normalized spacial score (nSPS) is 10.7.